The van der Waals surface area contributed by atoms with Crippen molar-refractivity contribution in [3.63, 3.8) is 0 Å². The molecule has 0 radical (unpaired) electrons. The topological polar surface area (TPSA) is 130 Å². The molecule has 0 atom stereocenters. The lowest BCUT2D eigenvalue weighted by Crippen LogP contribution is -2.40. The third kappa shape index (κ3) is 6.59. The van der Waals surface area contributed by atoms with Gasteiger partial charge in [-0.25, -0.2) is 22.2 Å². The van der Waals surface area contributed by atoms with E-state index < -0.39 is 34.4 Å². The number of pyridine rings is 1. The molecule has 3 heterocycles. The van der Waals surface area contributed by atoms with E-state index in [1.165, 1.54) is 51.3 Å². The van der Waals surface area contributed by atoms with Crippen LogP contribution < -0.4 is 24.6 Å². The van der Waals surface area contributed by atoms with Gasteiger partial charge in [0.1, 0.15) is 12.2 Å². The number of sulfonamides is 1. The van der Waals surface area contributed by atoms with Gasteiger partial charge in [-0.15, -0.1) is 0 Å². The molecule has 1 aromatic carbocycles. The summed E-state index contributed by atoms with van der Waals surface area (Å²) in [7, 11) is -1.43. The van der Waals surface area contributed by atoms with Gasteiger partial charge in [0.15, 0.2) is 11.6 Å². The zero-order valence-corrected chi connectivity index (χ0v) is 24.4. The van der Waals surface area contributed by atoms with Crippen LogP contribution in [0.4, 0.5) is 26.0 Å². The van der Waals surface area contributed by atoms with Gasteiger partial charge in [-0.3, -0.25) is 9.59 Å². The minimum atomic E-state index is -4.04. The molecule has 1 spiro atoms. The van der Waals surface area contributed by atoms with E-state index in [0.29, 0.717) is 41.4 Å². The standard InChI is InChI=1S/C28H35F2N5O6S/c1-40-23-6-5-21(32-25(23)35-15-11-28(29,30)12-16-35)26(37)33-20-4-3-19(42(38,39)31-18-24(36)41-2)17-22(20)34-13-9-27(7-8-27)10-14-34/h3-6,17,31H,7-16,18H2,1-2H3,(H,33,37). The highest BCUT2D eigenvalue weighted by Gasteiger charge is 2.44. The monoisotopic (exact) mass is 607 g/mol. The van der Waals surface area contributed by atoms with Crippen LogP contribution in [0.5, 0.6) is 5.75 Å². The number of carbonyl (C=O) groups is 2. The molecular formula is C28H35F2N5O6S. The van der Waals surface area contributed by atoms with E-state index in [-0.39, 0.29) is 36.5 Å². The summed E-state index contributed by atoms with van der Waals surface area (Å²) >= 11 is 0. The molecule has 2 aromatic rings. The smallest absolute Gasteiger partial charge is 0.320 e. The molecule has 3 aliphatic rings. The molecule has 1 amide bonds. The molecule has 3 fully saturated rings. The Morgan fingerprint density at radius 1 is 0.952 bits per heavy atom. The Morgan fingerprint density at radius 3 is 2.24 bits per heavy atom. The average molecular weight is 608 g/mol. The SMILES string of the molecule is COC(=O)CNS(=O)(=O)c1ccc(NC(=O)c2ccc(OC)c(N3CCC(F)(F)CC3)n2)c(N2CCC3(CC2)CC3)c1. The first-order chi connectivity index (χ1) is 19.9. The largest absolute Gasteiger partial charge is 0.493 e. The number of piperidine rings is 2. The Morgan fingerprint density at radius 2 is 1.62 bits per heavy atom. The van der Waals surface area contributed by atoms with Crippen molar-refractivity contribution in [3.05, 3.63) is 36.0 Å². The van der Waals surface area contributed by atoms with Crippen LogP contribution in [0, 0.1) is 5.41 Å². The van der Waals surface area contributed by atoms with E-state index in [4.69, 9.17) is 4.74 Å². The quantitative estimate of drug-likeness (QED) is 0.412. The summed E-state index contributed by atoms with van der Waals surface area (Å²) in [5.74, 6) is -3.33. The number of halogens is 2. The summed E-state index contributed by atoms with van der Waals surface area (Å²) in [5, 5.41) is 2.87. The minimum absolute atomic E-state index is 0.0566. The molecule has 1 aliphatic carbocycles. The Balaban J connectivity index is 1.41. The van der Waals surface area contributed by atoms with Gasteiger partial charge in [-0.1, -0.05) is 0 Å². The van der Waals surface area contributed by atoms with Crippen molar-refractivity contribution in [2.24, 2.45) is 5.41 Å². The van der Waals surface area contributed by atoms with Crippen LogP contribution >= 0.6 is 0 Å². The lowest BCUT2D eigenvalue weighted by atomic mass is 9.93. The number of amides is 1. The number of benzene rings is 1. The number of methoxy groups -OCH3 is 2. The van der Waals surface area contributed by atoms with Crippen molar-refractivity contribution in [1.29, 1.82) is 0 Å². The van der Waals surface area contributed by atoms with Gasteiger partial charge in [-0.05, 0) is 61.4 Å². The van der Waals surface area contributed by atoms with E-state index in [1.54, 1.807) is 11.0 Å². The lowest BCUT2D eigenvalue weighted by molar-refractivity contribution is -0.139. The van der Waals surface area contributed by atoms with Gasteiger partial charge >= 0.3 is 5.97 Å². The summed E-state index contributed by atoms with van der Waals surface area (Å²) in [6, 6.07) is 7.42. The highest BCUT2D eigenvalue weighted by atomic mass is 32.2. The van der Waals surface area contributed by atoms with Gasteiger partial charge in [0.2, 0.25) is 10.0 Å². The van der Waals surface area contributed by atoms with Crippen LogP contribution in [-0.4, -0.2) is 78.1 Å². The fourth-order valence-electron chi connectivity index (χ4n) is 5.43. The first-order valence-corrected chi connectivity index (χ1v) is 15.4. The molecule has 2 saturated heterocycles. The van der Waals surface area contributed by atoms with E-state index in [9.17, 15) is 26.8 Å². The summed E-state index contributed by atoms with van der Waals surface area (Å²) in [4.78, 5) is 33.1. The molecule has 5 rings (SSSR count). The lowest BCUT2D eigenvalue weighted by Gasteiger charge is -2.35. The summed E-state index contributed by atoms with van der Waals surface area (Å²) in [5.41, 5.74) is 1.36. The molecule has 11 nitrogen and oxygen atoms in total. The number of rotatable bonds is 9. The predicted octanol–water partition coefficient (Wildman–Crippen LogP) is 3.41. The molecule has 42 heavy (non-hydrogen) atoms. The number of nitrogens with zero attached hydrogens (tertiary/aromatic N) is 3. The minimum Gasteiger partial charge on any atom is -0.493 e. The van der Waals surface area contributed by atoms with E-state index >= 15 is 0 Å². The number of esters is 1. The first kappa shape index (κ1) is 30.0. The Bertz CT molecular complexity index is 1450. The van der Waals surface area contributed by atoms with Gasteiger partial charge < -0.3 is 24.6 Å². The Labute approximate surface area is 243 Å². The highest BCUT2D eigenvalue weighted by molar-refractivity contribution is 7.89. The Kier molecular flexibility index (Phi) is 8.30. The molecule has 1 saturated carbocycles. The first-order valence-electron chi connectivity index (χ1n) is 13.9. The van der Waals surface area contributed by atoms with Crippen molar-refractivity contribution < 1.29 is 36.3 Å². The Hall–Kier alpha value is -3.52. The van der Waals surface area contributed by atoms with Crippen LogP contribution in [-0.2, 0) is 19.6 Å². The van der Waals surface area contributed by atoms with Crippen molar-refractivity contribution in [1.82, 2.24) is 9.71 Å². The zero-order chi connectivity index (χ0) is 30.1. The number of anilines is 3. The number of ether oxygens (including phenoxy) is 2. The number of aromatic nitrogens is 1. The van der Waals surface area contributed by atoms with Crippen molar-refractivity contribution >= 4 is 39.1 Å². The average Bonchev–Trinajstić information content (AvgIpc) is 3.74. The molecule has 14 heteroatoms. The third-order valence-electron chi connectivity index (χ3n) is 8.37. The highest BCUT2D eigenvalue weighted by Crippen LogP contribution is 2.54. The van der Waals surface area contributed by atoms with Crippen LogP contribution in [0.15, 0.2) is 35.2 Å². The molecule has 0 bridgehead atoms. The van der Waals surface area contributed by atoms with Gasteiger partial charge in [0.05, 0.1) is 30.5 Å². The molecule has 2 N–H and O–H groups in total. The summed E-state index contributed by atoms with van der Waals surface area (Å²) in [6.07, 6.45) is 3.68. The van der Waals surface area contributed by atoms with Crippen LogP contribution in [0.25, 0.3) is 0 Å². The predicted molar refractivity (Wildman–Crippen MR) is 152 cm³/mol. The number of carbonyl (C=O) groups excluding carboxylic acids is 2. The third-order valence-corrected chi connectivity index (χ3v) is 9.77. The number of alkyl halides is 2. The normalized spacial score (nSPS) is 19.3. The van der Waals surface area contributed by atoms with Gasteiger partial charge in [0, 0.05) is 39.0 Å². The van der Waals surface area contributed by atoms with Crippen molar-refractivity contribution in [2.75, 3.05) is 62.1 Å². The van der Waals surface area contributed by atoms with Crippen LogP contribution in [0.3, 0.4) is 0 Å². The maximum atomic E-state index is 13.8. The maximum Gasteiger partial charge on any atom is 0.320 e. The van der Waals surface area contributed by atoms with E-state index in [1.807, 2.05) is 0 Å². The second-order valence-corrected chi connectivity index (χ2v) is 12.9. The molecule has 1 aromatic heterocycles. The van der Waals surface area contributed by atoms with E-state index in [2.05, 4.69) is 24.7 Å². The van der Waals surface area contributed by atoms with Gasteiger partial charge in [-0.2, -0.15) is 4.72 Å². The van der Waals surface area contributed by atoms with Crippen molar-refractivity contribution in [2.45, 2.75) is 49.3 Å². The van der Waals surface area contributed by atoms with Crippen molar-refractivity contribution in [3.8, 4) is 5.75 Å². The molecular weight excluding hydrogens is 572 g/mol. The van der Waals surface area contributed by atoms with Gasteiger partial charge in [0.25, 0.3) is 11.8 Å². The fraction of sp³-hybridized carbons (Fsp3) is 0.536. The zero-order valence-electron chi connectivity index (χ0n) is 23.6. The number of hydrogen-bond donors (Lipinski definition) is 2. The second-order valence-electron chi connectivity index (χ2n) is 11.1. The molecule has 2 aliphatic heterocycles. The van der Waals surface area contributed by atoms with Crippen LogP contribution in [0.2, 0.25) is 0 Å². The molecule has 0 unspecified atom stereocenters. The maximum absolute atomic E-state index is 13.8. The fourth-order valence-corrected chi connectivity index (χ4v) is 6.42. The van der Waals surface area contributed by atoms with Crippen LogP contribution in [0.1, 0.15) is 49.0 Å². The summed E-state index contributed by atoms with van der Waals surface area (Å²) < 4.78 is 65.5. The number of nitrogens with one attached hydrogen (secondary N) is 2. The molecule has 228 valence electrons. The second kappa shape index (κ2) is 11.6. The van der Waals surface area contributed by atoms with E-state index in [0.717, 1.165) is 12.8 Å². The summed E-state index contributed by atoms with van der Waals surface area (Å²) in [6.45, 7) is 1.03. The number of hydrogen-bond acceptors (Lipinski definition) is 9.